The summed E-state index contributed by atoms with van der Waals surface area (Å²) in [7, 11) is 1.28. The number of anilines is 2. The third-order valence-corrected chi connectivity index (χ3v) is 13.8. The Morgan fingerprint density at radius 3 is 1.30 bits per heavy atom. The zero-order valence-electron chi connectivity index (χ0n) is 29.2. The van der Waals surface area contributed by atoms with Gasteiger partial charge in [0.2, 0.25) is 11.8 Å². The Kier molecular flexibility index (Phi) is 23.3. The fourth-order valence-corrected chi connectivity index (χ4v) is 13.3. The predicted molar refractivity (Wildman–Crippen MR) is 253 cm³/mol. The summed E-state index contributed by atoms with van der Waals surface area (Å²) in [6, 6.07) is -1.30. The van der Waals surface area contributed by atoms with E-state index in [1.165, 1.54) is 7.11 Å². The van der Waals surface area contributed by atoms with Crippen LogP contribution in [0.3, 0.4) is 0 Å². The van der Waals surface area contributed by atoms with Crippen LogP contribution in [0.25, 0.3) is 0 Å². The number of aliphatic hydroxyl groups excluding tert-OH is 7. The molecule has 20 nitrogen and oxygen atoms in total. The maximum absolute atomic E-state index is 13.8. The van der Waals surface area contributed by atoms with Gasteiger partial charge >= 0.3 is 0 Å². The van der Waals surface area contributed by atoms with Crippen molar-refractivity contribution < 1.29 is 69.2 Å². The van der Waals surface area contributed by atoms with Crippen molar-refractivity contribution in [2.24, 2.45) is 0 Å². The van der Waals surface area contributed by atoms with Crippen LogP contribution in [0.15, 0.2) is 0 Å². The largest absolute Gasteiger partial charge is 0.394 e. The molecule has 13 N–H and O–H groups in total. The molecule has 0 aromatic heterocycles. The summed E-state index contributed by atoms with van der Waals surface area (Å²) < 4.78 is 5.73. The number of rotatable bonds is 20. The number of halogens is 6. The van der Waals surface area contributed by atoms with E-state index >= 15 is 0 Å². The van der Waals surface area contributed by atoms with Gasteiger partial charge in [-0.3, -0.25) is 28.8 Å². The van der Waals surface area contributed by atoms with Gasteiger partial charge in [-0.1, -0.05) is 0 Å². The molecule has 2 rings (SSSR count). The quantitative estimate of drug-likeness (QED) is 0.0699. The summed E-state index contributed by atoms with van der Waals surface area (Å²) in [6.45, 7) is -4.61. The second-order valence-electron chi connectivity index (χ2n) is 11.5. The fraction of sp³-hybridized carbons (Fsp3) is 0.419. The Hall–Kier alpha value is -0.680. The first-order valence-corrected chi connectivity index (χ1v) is 22.4. The Balaban J connectivity index is 2.59. The van der Waals surface area contributed by atoms with Crippen LogP contribution < -0.4 is 31.9 Å². The van der Waals surface area contributed by atoms with Crippen molar-refractivity contribution in [2.75, 3.05) is 70.4 Å². The summed E-state index contributed by atoms with van der Waals surface area (Å²) in [6.07, 6.45) is -4.12. The monoisotopic (exact) mass is 1480 g/mol. The van der Waals surface area contributed by atoms with Gasteiger partial charge in [0, 0.05) is 27.3 Å². The van der Waals surface area contributed by atoms with Crippen LogP contribution in [0.2, 0.25) is 0 Å². The van der Waals surface area contributed by atoms with Gasteiger partial charge in [0.1, 0.15) is 6.61 Å². The van der Waals surface area contributed by atoms with Crippen LogP contribution in [0.4, 0.5) is 11.4 Å². The van der Waals surface area contributed by atoms with Crippen molar-refractivity contribution in [3.8, 4) is 0 Å². The SMILES string of the molecule is COCC(=O)Nc1c(I)c(C(=O)NCC(=O)Nc2c(I)c(C(=O)NCC(O)CO)c(I)c(C(=O)NCC(O)CO)c2I)c(I)c(C(=O)NC(CO)C(O)CO)c1I. The molecule has 0 spiro atoms. The predicted octanol–water partition coefficient (Wildman–Crippen LogP) is -1.12. The normalized spacial score (nSPS) is 13.2. The van der Waals surface area contributed by atoms with Crippen LogP contribution in [-0.2, 0) is 14.3 Å². The lowest BCUT2D eigenvalue weighted by atomic mass is 10.1. The molecule has 0 heterocycles. The van der Waals surface area contributed by atoms with Gasteiger partial charge in [0.15, 0.2) is 0 Å². The Morgan fingerprint density at radius 2 is 0.930 bits per heavy atom. The second-order valence-corrected chi connectivity index (χ2v) is 17.9. The Bertz CT molecular complexity index is 1810. The molecule has 2 aromatic rings. The number of methoxy groups -OCH3 is 1. The average molecular weight is 1480 g/mol. The topological polar surface area (TPSA) is 325 Å². The molecular weight excluding hydrogens is 1440 g/mol. The van der Waals surface area contributed by atoms with Crippen LogP contribution in [0.1, 0.15) is 41.4 Å². The minimum atomic E-state index is -1.53. The van der Waals surface area contributed by atoms with Gasteiger partial charge in [-0.15, -0.1) is 0 Å². The molecule has 0 fully saturated rings. The maximum atomic E-state index is 13.8. The molecular formula is C31H36I6N6O14. The van der Waals surface area contributed by atoms with Gasteiger partial charge in [0.25, 0.3) is 23.6 Å². The van der Waals surface area contributed by atoms with E-state index in [9.17, 15) is 64.5 Å². The van der Waals surface area contributed by atoms with E-state index in [0.717, 1.165) is 0 Å². The number of carbonyl (C=O) groups is 6. The number of ether oxygens (including phenoxy) is 1. The molecule has 0 saturated heterocycles. The van der Waals surface area contributed by atoms with Gasteiger partial charge in [0.05, 0.1) is 105 Å². The number of hydrogen-bond acceptors (Lipinski definition) is 14. The highest BCUT2D eigenvalue weighted by Crippen LogP contribution is 2.37. The number of aliphatic hydroxyl groups is 7. The van der Waals surface area contributed by atoms with Crippen LogP contribution in [0, 0.1) is 21.4 Å². The molecule has 316 valence electrons. The minimum Gasteiger partial charge on any atom is -0.394 e. The molecule has 0 radical (unpaired) electrons. The molecule has 57 heavy (non-hydrogen) atoms. The Labute approximate surface area is 406 Å². The number of hydrogen-bond donors (Lipinski definition) is 13. The smallest absolute Gasteiger partial charge is 0.253 e. The van der Waals surface area contributed by atoms with Crippen LogP contribution >= 0.6 is 136 Å². The van der Waals surface area contributed by atoms with E-state index in [2.05, 4.69) is 31.9 Å². The van der Waals surface area contributed by atoms with E-state index in [4.69, 9.17) is 4.74 Å². The lowest BCUT2D eigenvalue weighted by molar-refractivity contribution is -0.119. The Morgan fingerprint density at radius 1 is 0.544 bits per heavy atom. The molecule has 26 heteroatoms. The molecule has 4 atom stereocenters. The summed E-state index contributed by atoms with van der Waals surface area (Å²) in [5.41, 5.74) is -0.418. The highest BCUT2D eigenvalue weighted by molar-refractivity contribution is 14.1. The van der Waals surface area contributed by atoms with Crippen molar-refractivity contribution >= 4 is 182 Å². The van der Waals surface area contributed by atoms with Gasteiger partial charge in [-0.2, -0.15) is 0 Å². The molecule has 0 aliphatic carbocycles. The number of amides is 6. The fourth-order valence-electron chi connectivity index (χ4n) is 4.44. The van der Waals surface area contributed by atoms with E-state index in [0.29, 0.717) is 0 Å². The van der Waals surface area contributed by atoms with Crippen molar-refractivity contribution in [3.05, 3.63) is 43.7 Å². The summed E-state index contributed by atoms with van der Waals surface area (Å²) >= 11 is 10.6. The lowest BCUT2D eigenvalue weighted by Crippen LogP contribution is -2.47. The third-order valence-electron chi connectivity index (χ3n) is 7.34. The number of benzene rings is 2. The van der Waals surface area contributed by atoms with Crippen molar-refractivity contribution in [3.63, 3.8) is 0 Å². The molecule has 0 bridgehead atoms. The number of carbonyl (C=O) groups excluding carboxylic acids is 6. The third kappa shape index (κ3) is 14.2. The van der Waals surface area contributed by atoms with E-state index < -0.39 is 92.8 Å². The van der Waals surface area contributed by atoms with Crippen LogP contribution in [0.5, 0.6) is 0 Å². The molecule has 6 amide bonds. The average Bonchev–Trinajstić information content (AvgIpc) is 3.17. The summed E-state index contributed by atoms with van der Waals surface area (Å²) in [5.74, 6) is -4.76. The highest BCUT2D eigenvalue weighted by Gasteiger charge is 2.32. The zero-order chi connectivity index (χ0) is 43.3. The maximum Gasteiger partial charge on any atom is 0.253 e. The van der Waals surface area contributed by atoms with E-state index in [1.807, 2.05) is 0 Å². The summed E-state index contributed by atoms with van der Waals surface area (Å²) in [4.78, 5) is 80.1. The van der Waals surface area contributed by atoms with Crippen molar-refractivity contribution in [1.82, 2.24) is 21.3 Å². The van der Waals surface area contributed by atoms with Crippen molar-refractivity contribution in [1.29, 1.82) is 0 Å². The minimum absolute atomic E-state index is 0.0133. The second kappa shape index (κ2) is 25.3. The van der Waals surface area contributed by atoms with Gasteiger partial charge < -0.3 is 72.4 Å². The first-order chi connectivity index (χ1) is 26.8. The molecule has 0 aliphatic heterocycles. The highest BCUT2D eigenvalue weighted by atomic mass is 127. The standard InChI is InChI=1S/C31H36I6N6O14/c1-57-9-15(52)43-27-24(36)18(21(33)19(25(27)37)31(56)41-12(7-46)13(50)8-47)30(55)40-4-14(51)42-26-22(34)16(28(53)38-2-10(48)5-44)20(32)17(23(26)35)29(54)39-3-11(49)6-45/h10-13,44-50H,2-9H2,1H3,(H,38,53)(H,39,54)(H,40,55)(H,41,56)(H,42,51)(H,43,52). The van der Waals surface area contributed by atoms with E-state index in [-0.39, 0.29) is 74.7 Å². The van der Waals surface area contributed by atoms with Crippen molar-refractivity contribution in [2.45, 2.75) is 24.4 Å². The lowest BCUT2D eigenvalue weighted by Gasteiger charge is -2.23. The van der Waals surface area contributed by atoms with Gasteiger partial charge in [-0.05, 0) is 136 Å². The first-order valence-electron chi connectivity index (χ1n) is 15.9. The molecule has 2 aromatic carbocycles. The molecule has 0 saturated carbocycles. The molecule has 4 unspecified atom stereocenters. The van der Waals surface area contributed by atoms with Gasteiger partial charge in [-0.25, -0.2) is 0 Å². The first kappa shape index (κ1) is 52.5. The number of nitrogens with one attached hydrogen (secondary N) is 6. The van der Waals surface area contributed by atoms with E-state index in [1.54, 1.807) is 136 Å². The summed E-state index contributed by atoms with van der Waals surface area (Å²) in [5, 5.41) is 82.0. The van der Waals surface area contributed by atoms with Crippen LogP contribution in [-0.4, -0.2) is 155 Å². The zero-order valence-corrected chi connectivity index (χ0v) is 42.2. The molecule has 0 aliphatic rings.